The van der Waals surface area contributed by atoms with Gasteiger partial charge in [0.15, 0.2) is 0 Å². The second kappa shape index (κ2) is 10.7. The number of unbranched alkanes of at least 4 members (excludes halogenated alkanes) is 5. The van der Waals surface area contributed by atoms with Crippen LogP contribution in [-0.4, -0.2) is 36.3 Å². The molecule has 0 rings (SSSR count). The van der Waals surface area contributed by atoms with Gasteiger partial charge in [0.2, 0.25) is 10.0 Å². The molecule has 0 saturated heterocycles. The van der Waals surface area contributed by atoms with Gasteiger partial charge in [-0.1, -0.05) is 45.6 Å². The number of carboxylic acids is 1. The molecule has 0 bridgehead atoms. The number of aliphatic carboxylic acids is 1. The van der Waals surface area contributed by atoms with E-state index in [0.717, 1.165) is 32.1 Å². The maximum absolute atomic E-state index is 13.5. The molecule has 0 unspecified atom stereocenters. The van der Waals surface area contributed by atoms with E-state index in [1.165, 1.54) is 0 Å². The van der Waals surface area contributed by atoms with Crippen molar-refractivity contribution in [3.05, 3.63) is 12.2 Å². The highest BCUT2D eigenvalue weighted by Crippen LogP contribution is 2.12. The lowest BCUT2D eigenvalue weighted by molar-refractivity contribution is -0.132. The maximum atomic E-state index is 13.5. The first-order chi connectivity index (χ1) is 9.81. The molecule has 0 aliphatic carbocycles. The molecule has 0 radical (unpaired) electrons. The first-order valence-electron chi connectivity index (χ1n) is 7.38. The van der Waals surface area contributed by atoms with E-state index in [4.69, 9.17) is 5.11 Å². The van der Waals surface area contributed by atoms with Crippen molar-refractivity contribution in [2.24, 2.45) is 0 Å². The molecule has 0 fully saturated rings. The van der Waals surface area contributed by atoms with Crippen LogP contribution in [0.1, 0.15) is 58.3 Å². The van der Waals surface area contributed by atoms with Crippen LogP contribution in [0.5, 0.6) is 0 Å². The van der Waals surface area contributed by atoms with Gasteiger partial charge >= 0.3 is 5.97 Å². The summed E-state index contributed by atoms with van der Waals surface area (Å²) in [5.74, 6) is -1.34. The summed E-state index contributed by atoms with van der Waals surface area (Å²) >= 11 is 0. The second-order valence-electron chi connectivity index (χ2n) is 5.11. The van der Waals surface area contributed by atoms with Crippen LogP contribution in [0.3, 0.4) is 0 Å². The SMILES string of the molecule is C=C(CCCN(F)S(=O)(=O)CCCCCCCC)C(=O)O. The minimum atomic E-state index is -3.88. The Hall–Kier alpha value is -0.950. The van der Waals surface area contributed by atoms with Crippen LogP contribution in [0.25, 0.3) is 0 Å². The van der Waals surface area contributed by atoms with Crippen molar-refractivity contribution < 1.29 is 22.8 Å². The van der Waals surface area contributed by atoms with Crippen LogP contribution in [-0.2, 0) is 14.8 Å². The van der Waals surface area contributed by atoms with Crippen molar-refractivity contribution >= 4 is 16.0 Å². The molecule has 0 aromatic rings. The van der Waals surface area contributed by atoms with Crippen LogP contribution < -0.4 is 0 Å². The first kappa shape index (κ1) is 20.1. The van der Waals surface area contributed by atoms with Crippen LogP contribution in [0.2, 0.25) is 0 Å². The van der Waals surface area contributed by atoms with Crippen LogP contribution >= 0.6 is 0 Å². The lowest BCUT2D eigenvalue weighted by Crippen LogP contribution is -2.27. The molecule has 1 N–H and O–H groups in total. The van der Waals surface area contributed by atoms with Gasteiger partial charge in [0.25, 0.3) is 0 Å². The third-order valence-corrected chi connectivity index (χ3v) is 4.76. The fourth-order valence-corrected chi connectivity index (χ4v) is 3.00. The molecule has 0 aliphatic heterocycles. The van der Waals surface area contributed by atoms with Crippen LogP contribution in [0, 0.1) is 0 Å². The second-order valence-corrected chi connectivity index (χ2v) is 7.08. The Balaban J connectivity index is 3.91. The summed E-state index contributed by atoms with van der Waals surface area (Å²) in [4.78, 5) is 10.5. The quantitative estimate of drug-likeness (QED) is 0.321. The van der Waals surface area contributed by atoms with E-state index in [9.17, 15) is 17.7 Å². The Morgan fingerprint density at radius 3 is 2.29 bits per heavy atom. The number of carboxylic acid groups (broad SMARTS) is 1. The van der Waals surface area contributed by atoms with Crippen molar-refractivity contribution in [3.8, 4) is 0 Å². The van der Waals surface area contributed by atoms with Gasteiger partial charge in [0.05, 0.1) is 5.75 Å². The largest absolute Gasteiger partial charge is 0.478 e. The molecule has 0 saturated carbocycles. The number of sulfonamides is 1. The van der Waals surface area contributed by atoms with Gasteiger partial charge in [0, 0.05) is 12.1 Å². The van der Waals surface area contributed by atoms with E-state index in [1.54, 1.807) is 0 Å². The monoisotopic (exact) mass is 323 g/mol. The molecule has 124 valence electrons. The number of nitrogens with zero attached hydrogens (tertiary/aromatic N) is 1. The Labute approximate surface area is 126 Å². The highest BCUT2D eigenvalue weighted by molar-refractivity contribution is 7.88. The standard InChI is InChI=1S/C14H26FNO4S/c1-3-4-5-6-7-8-12-21(19,20)16(15)11-9-10-13(2)14(17)18/h2-12H2,1H3,(H,17,18). The lowest BCUT2D eigenvalue weighted by Gasteiger charge is -2.12. The summed E-state index contributed by atoms with van der Waals surface area (Å²) < 4.78 is 36.6. The van der Waals surface area contributed by atoms with Crippen molar-refractivity contribution in [3.63, 3.8) is 0 Å². The third kappa shape index (κ3) is 9.57. The maximum Gasteiger partial charge on any atom is 0.330 e. The van der Waals surface area contributed by atoms with Crippen molar-refractivity contribution in [1.29, 1.82) is 0 Å². The Morgan fingerprint density at radius 1 is 1.14 bits per heavy atom. The van der Waals surface area contributed by atoms with E-state index < -0.39 is 16.0 Å². The lowest BCUT2D eigenvalue weighted by atomic mass is 10.1. The molecule has 21 heavy (non-hydrogen) atoms. The Bertz CT molecular complexity index is 423. The topological polar surface area (TPSA) is 74.7 Å². The Kier molecular flexibility index (Phi) is 10.2. The molecule has 0 aromatic carbocycles. The summed E-state index contributed by atoms with van der Waals surface area (Å²) in [6.45, 7) is 5.08. The van der Waals surface area contributed by atoms with Gasteiger partial charge < -0.3 is 5.11 Å². The highest BCUT2D eigenvalue weighted by Gasteiger charge is 2.21. The molecular weight excluding hydrogens is 297 g/mol. The fourth-order valence-electron chi connectivity index (χ4n) is 1.83. The third-order valence-electron chi connectivity index (χ3n) is 3.17. The molecule has 0 spiro atoms. The molecule has 5 nitrogen and oxygen atoms in total. The van der Waals surface area contributed by atoms with E-state index in [0.29, 0.717) is 6.42 Å². The number of halogens is 1. The molecule has 7 heteroatoms. The normalized spacial score (nSPS) is 11.8. The summed E-state index contributed by atoms with van der Waals surface area (Å²) in [6, 6.07) is 0. The van der Waals surface area contributed by atoms with E-state index >= 15 is 0 Å². The summed E-state index contributed by atoms with van der Waals surface area (Å²) in [6.07, 6.45) is 5.71. The minimum absolute atomic E-state index is 0.0447. The smallest absolute Gasteiger partial charge is 0.330 e. The zero-order valence-corrected chi connectivity index (χ0v) is 13.5. The first-order valence-corrected chi connectivity index (χ1v) is 8.99. The van der Waals surface area contributed by atoms with Crippen LogP contribution in [0.4, 0.5) is 4.48 Å². The average Bonchev–Trinajstić information content (AvgIpc) is 2.42. The van der Waals surface area contributed by atoms with Crippen molar-refractivity contribution in [2.45, 2.75) is 58.3 Å². The van der Waals surface area contributed by atoms with Gasteiger partial charge in [-0.05, 0) is 23.8 Å². The minimum Gasteiger partial charge on any atom is -0.478 e. The van der Waals surface area contributed by atoms with Gasteiger partial charge in [0.1, 0.15) is 0 Å². The predicted octanol–water partition coefficient (Wildman–Crippen LogP) is 3.28. The molecular formula is C14H26FNO4S. The van der Waals surface area contributed by atoms with Gasteiger partial charge in [-0.3, -0.25) is 0 Å². The van der Waals surface area contributed by atoms with E-state index in [1.807, 2.05) is 0 Å². The molecule has 0 amide bonds. The van der Waals surface area contributed by atoms with Gasteiger partial charge in [-0.2, -0.15) is 0 Å². The number of hydrogen-bond acceptors (Lipinski definition) is 3. The van der Waals surface area contributed by atoms with Gasteiger partial charge in [-0.15, -0.1) is 4.48 Å². The zero-order chi connectivity index (χ0) is 16.3. The number of rotatable bonds is 13. The predicted molar refractivity (Wildman–Crippen MR) is 81.0 cm³/mol. The number of carbonyl (C=O) groups is 1. The van der Waals surface area contributed by atoms with Crippen molar-refractivity contribution in [2.75, 3.05) is 12.3 Å². The molecule has 0 aliphatic rings. The summed E-state index contributed by atoms with van der Waals surface area (Å²) in [5.41, 5.74) is -0.0447. The van der Waals surface area contributed by atoms with Crippen LogP contribution in [0.15, 0.2) is 12.2 Å². The molecule has 0 atom stereocenters. The molecule has 0 aromatic heterocycles. The average molecular weight is 323 g/mol. The zero-order valence-electron chi connectivity index (χ0n) is 12.7. The summed E-state index contributed by atoms with van der Waals surface area (Å²) in [7, 11) is -3.88. The molecule has 0 heterocycles. The van der Waals surface area contributed by atoms with E-state index in [2.05, 4.69) is 13.5 Å². The highest BCUT2D eigenvalue weighted by atomic mass is 32.2. The Morgan fingerprint density at radius 2 is 1.71 bits per heavy atom. The van der Waals surface area contributed by atoms with E-state index in [-0.39, 0.29) is 35.2 Å². The van der Waals surface area contributed by atoms with Crippen molar-refractivity contribution in [1.82, 2.24) is 4.53 Å². The fraction of sp³-hybridized carbons (Fsp3) is 0.786. The number of hydrogen-bond donors (Lipinski definition) is 1. The van der Waals surface area contributed by atoms with Gasteiger partial charge in [-0.25, -0.2) is 13.2 Å². The summed E-state index contributed by atoms with van der Waals surface area (Å²) in [5, 5.41) is 8.59.